The molecule has 1 heterocycles. The SMILES string of the molecule is C=C1OC(COC(=O)CC)CS1. The van der Waals surface area contributed by atoms with Gasteiger partial charge in [-0.15, -0.1) is 0 Å². The molecule has 0 bridgehead atoms. The second-order valence-corrected chi connectivity index (χ2v) is 3.54. The zero-order valence-corrected chi connectivity index (χ0v) is 7.86. The molecule has 0 radical (unpaired) electrons. The highest BCUT2D eigenvalue weighted by Gasteiger charge is 2.20. The number of esters is 1. The maximum absolute atomic E-state index is 10.7. The number of carbonyl (C=O) groups is 1. The number of carbonyl (C=O) groups excluding carboxylic acids is 1. The van der Waals surface area contributed by atoms with Crippen molar-refractivity contribution in [1.29, 1.82) is 0 Å². The van der Waals surface area contributed by atoms with Crippen LogP contribution in [0.3, 0.4) is 0 Å². The van der Waals surface area contributed by atoms with Crippen molar-refractivity contribution in [3.05, 3.63) is 11.7 Å². The molecule has 0 aliphatic carbocycles. The molecule has 1 unspecified atom stereocenters. The summed E-state index contributed by atoms with van der Waals surface area (Å²) in [5.41, 5.74) is 0. The minimum Gasteiger partial charge on any atom is -0.480 e. The molecule has 0 amide bonds. The lowest BCUT2D eigenvalue weighted by Crippen LogP contribution is -2.19. The zero-order valence-electron chi connectivity index (χ0n) is 7.04. The summed E-state index contributed by atoms with van der Waals surface area (Å²) in [6, 6.07) is 0. The summed E-state index contributed by atoms with van der Waals surface area (Å²) in [5, 5.41) is 0.715. The van der Waals surface area contributed by atoms with E-state index < -0.39 is 0 Å². The van der Waals surface area contributed by atoms with Crippen molar-refractivity contribution in [3.63, 3.8) is 0 Å². The molecule has 1 rings (SSSR count). The van der Waals surface area contributed by atoms with Crippen LogP contribution in [0.4, 0.5) is 0 Å². The smallest absolute Gasteiger partial charge is 0.305 e. The lowest BCUT2D eigenvalue weighted by Gasteiger charge is -2.09. The van der Waals surface area contributed by atoms with Crippen molar-refractivity contribution in [1.82, 2.24) is 0 Å². The van der Waals surface area contributed by atoms with Crippen molar-refractivity contribution in [2.45, 2.75) is 19.4 Å². The fourth-order valence-corrected chi connectivity index (χ4v) is 1.55. The van der Waals surface area contributed by atoms with E-state index in [1.54, 1.807) is 18.7 Å². The minimum absolute atomic E-state index is 0.00185. The summed E-state index contributed by atoms with van der Waals surface area (Å²) in [7, 11) is 0. The molecule has 0 N–H and O–H groups in total. The van der Waals surface area contributed by atoms with Crippen molar-refractivity contribution in [2.75, 3.05) is 12.4 Å². The van der Waals surface area contributed by atoms with Crippen LogP contribution in [0.5, 0.6) is 0 Å². The highest BCUT2D eigenvalue weighted by atomic mass is 32.2. The Kier molecular flexibility index (Phi) is 3.47. The number of hydrogen-bond donors (Lipinski definition) is 0. The molecule has 1 atom stereocenters. The molecular formula is C8H12O3S. The van der Waals surface area contributed by atoms with E-state index in [1.807, 2.05) is 0 Å². The van der Waals surface area contributed by atoms with Crippen LogP contribution in [0.1, 0.15) is 13.3 Å². The third kappa shape index (κ3) is 2.77. The summed E-state index contributed by atoms with van der Waals surface area (Å²) in [5.74, 6) is 0.650. The largest absolute Gasteiger partial charge is 0.480 e. The number of rotatable bonds is 3. The monoisotopic (exact) mass is 188 g/mol. The van der Waals surface area contributed by atoms with Crippen LogP contribution in [0.25, 0.3) is 0 Å². The third-order valence-electron chi connectivity index (χ3n) is 1.45. The highest BCUT2D eigenvalue weighted by Crippen LogP contribution is 2.26. The molecule has 3 nitrogen and oxygen atoms in total. The maximum Gasteiger partial charge on any atom is 0.305 e. The number of thioether (sulfide) groups is 1. The van der Waals surface area contributed by atoms with Crippen LogP contribution in [-0.4, -0.2) is 24.4 Å². The average Bonchev–Trinajstić information content (AvgIpc) is 2.47. The van der Waals surface area contributed by atoms with Gasteiger partial charge in [0.15, 0.2) is 0 Å². The molecule has 4 heteroatoms. The highest BCUT2D eigenvalue weighted by molar-refractivity contribution is 8.03. The molecule has 0 aromatic heterocycles. The van der Waals surface area contributed by atoms with Gasteiger partial charge in [-0.2, -0.15) is 0 Å². The first kappa shape index (κ1) is 9.45. The maximum atomic E-state index is 10.7. The molecule has 0 aromatic rings. The van der Waals surface area contributed by atoms with Gasteiger partial charge in [0.05, 0.1) is 0 Å². The van der Waals surface area contributed by atoms with Gasteiger partial charge in [-0.3, -0.25) is 4.79 Å². The summed E-state index contributed by atoms with van der Waals surface area (Å²) in [4.78, 5) is 10.7. The van der Waals surface area contributed by atoms with Crippen LogP contribution >= 0.6 is 11.8 Å². The van der Waals surface area contributed by atoms with Crippen molar-refractivity contribution in [3.8, 4) is 0 Å². The fourth-order valence-electron chi connectivity index (χ4n) is 0.810. The van der Waals surface area contributed by atoms with Crippen LogP contribution in [0.15, 0.2) is 11.7 Å². The third-order valence-corrected chi connectivity index (χ3v) is 2.40. The molecule has 1 fully saturated rings. The molecule has 1 saturated heterocycles. The van der Waals surface area contributed by atoms with Gasteiger partial charge in [0.25, 0.3) is 0 Å². The average molecular weight is 188 g/mol. The first-order valence-electron chi connectivity index (χ1n) is 3.86. The Morgan fingerprint density at radius 1 is 1.92 bits per heavy atom. The van der Waals surface area contributed by atoms with E-state index in [4.69, 9.17) is 9.47 Å². The van der Waals surface area contributed by atoms with Gasteiger partial charge in [-0.05, 0) is 6.58 Å². The summed E-state index contributed by atoms with van der Waals surface area (Å²) < 4.78 is 10.2. The number of hydrogen-bond acceptors (Lipinski definition) is 4. The Labute approximate surface area is 76.1 Å². The quantitative estimate of drug-likeness (QED) is 0.629. The van der Waals surface area contributed by atoms with Gasteiger partial charge in [-0.25, -0.2) is 0 Å². The van der Waals surface area contributed by atoms with Crippen molar-refractivity contribution in [2.24, 2.45) is 0 Å². The fraction of sp³-hybridized carbons (Fsp3) is 0.625. The molecule has 0 spiro atoms. The lowest BCUT2D eigenvalue weighted by atomic mass is 10.4. The predicted molar refractivity (Wildman–Crippen MR) is 47.7 cm³/mol. The van der Waals surface area contributed by atoms with Crippen LogP contribution in [0, 0.1) is 0 Å². The van der Waals surface area contributed by atoms with Gasteiger partial charge in [0.2, 0.25) is 0 Å². The molecule has 0 saturated carbocycles. The van der Waals surface area contributed by atoms with E-state index in [2.05, 4.69) is 6.58 Å². The van der Waals surface area contributed by atoms with E-state index in [9.17, 15) is 4.79 Å². The normalized spacial score (nSPS) is 22.1. The topological polar surface area (TPSA) is 35.5 Å². The lowest BCUT2D eigenvalue weighted by molar-refractivity contribution is -0.145. The second-order valence-electron chi connectivity index (χ2n) is 2.46. The van der Waals surface area contributed by atoms with Gasteiger partial charge < -0.3 is 9.47 Å². The Morgan fingerprint density at radius 2 is 2.67 bits per heavy atom. The Bertz CT molecular complexity index is 191. The first-order chi connectivity index (χ1) is 5.72. The number of ether oxygens (including phenoxy) is 2. The van der Waals surface area contributed by atoms with E-state index in [0.717, 1.165) is 5.75 Å². The zero-order chi connectivity index (χ0) is 8.97. The summed E-state index contributed by atoms with van der Waals surface area (Å²) in [6.45, 7) is 5.77. The molecule has 1 aliphatic heterocycles. The van der Waals surface area contributed by atoms with Crippen molar-refractivity contribution >= 4 is 17.7 Å². The molecule has 68 valence electrons. The van der Waals surface area contributed by atoms with Crippen LogP contribution in [-0.2, 0) is 14.3 Å². The van der Waals surface area contributed by atoms with Gasteiger partial charge in [0.1, 0.15) is 17.8 Å². The van der Waals surface area contributed by atoms with Crippen molar-refractivity contribution < 1.29 is 14.3 Å². The molecular weight excluding hydrogens is 176 g/mol. The van der Waals surface area contributed by atoms with Crippen LogP contribution in [0.2, 0.25) is 0 Å². The second kappa shape index (κ2) is 4.40. The van der Waals surface area contributed by atoms with Gasteiger partial charge >= 0.3 is 5.97 Å². The first-order valence-corrected chi connectivity index (χ1v) is 4.85. The summed E-state index contributed by atoms with van der Waals surface area (Å²) in [6.07, 6.45) is 0.416. The predicted octanol–water partition coefficient (Wildman–Crippen LogP) is 1.54. The van der Waals surface area contributed by atoms with E-state index >= 15 is 0 Å². The van der Waals surface area contributed by atoms with E-state index in [0.29, 0.717) is 18.1 Å². The van der Waals surface area contributed by atoms with E-state index in [-0.39, 0.29) is 12.1 Å². The standard InChI is InChI=1S/C8H12O3S/c1-3-8(9)10-4-7-5-12-6(2)11-7/h7H,2-5H2,1H3. The van der Waals surface area contributed by atoms with E-state index in [1.165, 1.54) is 0 Å². The van der Waals surface area contributed by atoms with Gasteiger partial charge in [0, 0.05) is 12.2 Å². The Hall–Kier alpha value is -0.640. The Morgan fingerprint density at radius 3 is 3.17 bits per heavy atom. The Balaban J connectivity index is 2.16. The molecule has 12 heavy (non-hydrogen) atoms. The molecule has 0 aromatic carbocycles. The minimum atomic E-state index is -0.180. The summed E-state index contributed by atoms with van der Waals surface area (Å²) >= 11 is 1.56. The van der Waals surface area contributed by atoms with Gasteiger partial charge in [-0.1, -0.05) is 18.7 Å². The van der Waals surface area contributed by atoms with Crippen LogP contribution < -0.4 is 0 Å². The molecule has 1 aliphatic rings.